The number of thioether (sulfide) groups is 1. The van der Waals surface area contributed by atoms with E-state index in [1.165, 1.54) is 23.1 Å². The summed E-state index contributed by atoms with van der Waals surface area (Å²) in [5, 5.41) is 3.02. The summed E-state index contributed by atoms with van der Waals surface area (Å²) < 4.78 is 1.58. The van der Waals surface area contributed by atoms with Crippen LogP contribution in [0.1, 0.15) is 19.4 Å². The van der Waals surface area contributed by atoms with Gasteiger partial charge in [0.15, 0.2) is 5.16 Å². The SMILES string of the molecule is C=CCn1c(SCC(=O)N(Cc2ccccc2)C(C)C)nc2sccc2c1=O. The molecule has 0 saturated carbocycles. The molecule has 0 saturated heterocycles. The third-order valence-corrected chi connectivity index (χ3v) is 6.09. The zero-order valence-corrected chi connectivity index (χ0v) is 17.6. The third kappa shape index (κ3) is 4.54. The quantitative estimate of drug-likeness (QED) is 0.316. The minimum atomic E-state index is -0.0916. The fraction of sp³-hybridized carbons (Fsp3) is 0.286. The molecule has 0 unspecified atom stereocenters. The second kappa shape index (κ2) is 9.21. The second-order valence-corrected chi connectivity index (χ2v) is 8.46. The first-order valence-electron chi connectivity index (χ1n) is 9.06. The summed E-state index contributed by atoms with van der Waals surface area (Å²) in [5.41, 5.74) is 1.00. The van der Waals surface area contributed by atoms with Crippen LogP contribution in [0.25, 0.3) is 10.2 Å². The molecule has 7 heteroatoms. The van der Waals surface area contributed by atoms with Crippen LogP contribution in [-0.4, -0.2) is 32.2 Å². The number of allylic oxidation sites excluding steroid dienone is 1. The summed E-state index contributed by atoms with van der Waals surface area (Å²) in [6.45, 7) is 8.68. The minimum absolute atomic E-state index is 0.0227. The number of rotatable bonds is 8. The third-order valence-electron chi connectivity index (χ3n) is 4.32. The van der Waals surface area contributed by atoms with E-state index in [0.29, 0.717) is 28.5 Å². The number of amides is 1. The van der Waals surface area contributed by atoms with Gasteiger partial charge in [0.05, 0.1) is 11.1 Å². The molecule has 2 aromatic heterocycles. The molecule has 0 N–H and O–H groups in total. The average molecular weight is 414 g/mol. The van der Waals surface area contributed by atoms with E-state index < -0.39 is 0 Å². The van der Waals surface area contributed by atoms with E-state index in [1.54, 1.807) is 16.7 Å². The average Bonchev–Trinajstić information content (AvgIpc) is 3.16. The van der Waals surface area contributed by atoms with Gasteiger partial charge in [0.25, 0.3) is 5.56 Å². The van der Waals surface area contributed by atoms with Gasteiger partial charge in [0.2, 0.25) is 5.91 Å². The number of carbonyl (C=O) groups is 1. The van der Waals surface area contributed by atoms with Crippen LogP contribution in [0.2, 0.25) is 0 Å². The van der Waals surface area contributed by atoms with Crippen molar-refractivity contribution in [1.29, 1.82) is 0 Å². The smallest absolute Gasteiger partial charge is 0.263 e. The fourth-order valence-electron chi connectivity index (χ4n) is 2.88. The van der Waals surface area contributed by atoms with Gasteiger partial charge in [-0.05, 0) is 30.9 Å². The molecule has 0 bridgehead atoms. The van der Waals surface area contributed by atoms with Gasteiger partial charge < -0.3 is 4.90 Å². The Morgan fingerprint density at radius 1 is 1.32 bits per heavy atom. The Morgan fingerprint density at radius 2 is 2.07 bits per heavy atom. The van der Waals surface area contributed by atoms with Crippen molar-refractivity contribution in [2.45, 2.75) is 38.1 Å². The first-order valence-corrected chi connectivity index (χ1v) is 10.9. The van der Waals surface area contributed by atoms with Crippen LogP contribution in [0.3, 0.4) is 0 Å². The Bertz CT molecular complexity index is 1030. The monoisotopic (exact) mass is 413 g/mol. The molecule has 0 radical (unpaired) electrons. The lowest BCUT2D eigenvalue weighted by molar-refractivity contribution is -0.130. The molecule has 0 spiro atoms. The minimum Gasteiger partial charge on any atom is -0.335 e. The van der Waals surface area contributed by atoms with Gasteiger partial charge >= 0.3 is 0 Å². The van der Waals surface area contributed by atoms with Gasteiger partial charge in [0, 0.05) is 19.1 Å². The molecule has 1 amide bonds. The van der Waals surface area contributed by atoms with E-state index >= 15 is 0 Å². The van der Waals surface area contributed by atoms with E-state index in [9.17, 15) is 9.59 Å². The zero-order valence-electron chi connectivity index (χ0n) is 16.0. The Kier molecular flexibility index (Phi) is 6.70. The number of benzene rings is 1. The molecular formula is C21H23N3O2S2. The summed E-state index contributed by atoms with van der Waals surface area (Å²) >= 11 is 2.73. The predicted octanol–water partition coefficient (Wildman–Crippen LogP) is 4.17. The molecule has 146 valence electrons. The van der Waals surface area contributed by atoms with Crippen LogP contribution in [0, 0.1) is 0 Å². The standard InChI is InChI=1S/C21H23N3O2S2/c1-4-11-23-20(26)17-10-12-27-19(17)22-21(23)28-14-18(25)24(15(2)3)13-16-8-6-5-7-9-16/h4-10,12,15H,1,11,13-14H2,2-3H3. The number of fused-ring (bicyclic) bond motifs is 1. The Balaban J connectivity index is 1.79. The van der Waals surface area contributed by atoms with Gasteiger partial charge in [-0.3, -0.25) is 14.2 Å². The molecule has 0 atom stereocenters. The van der Waals surface area contributed by atoms with Crippen LogP contribution in [0.15, 0.2) is 64.4 Å². The van der Waals surface area contributed by atoms with Crippen LogP contribution < -0.4 is 5.56 Å². The van der Waals surface area contributed by atoms with Crippen molar-refractivity contribution in [3.05, 3.63) is 70.4 Å². The highest BCUT2D eigenvalue weighted by Crippen LogP contribution is 2.22. The molecule has 3 rings (SSSR count). The topological polar surface area (TPSA) is 55.2 Å². The molecule has 0 aliphatic rings. The van der Waals surface area contributed by atoms with Gasteiger partial charge in [-0.15, -0.1) is 17.9 Å². The summed E-state index contributed by atoms with van der Waals surface area (Å²) in [7, 11) is 0. The molecule has 1 aromatic carbocycles. The first-order chi connectivity index (χ1) is 13.5. The predicted molar refractivity (Wildman–Crippen MR) is 117 cm³/mol. The maximum Gasteiger partial charge on any atom is 0.263 e. The zero-order chi connectivity index (χ0) is 20.1. The van der Waals surface area contributed by atoms with Crippen molar-refractivity contribution in [3.8, 4) is 0 Å². The highest BCUT2D eigenvalue weighted by atomic mass is 32.2. The summed E-state index contributed by atoms with van der Waals surface area (Å²) in [4.78, 5) is 32.8. The van der Waals surface area contributed by atoms with E-state index in [-0.39, 0.29) is 23.3 Å². The lowest BCUT2D eigenvalue weighted by Gasteiger charge is -2.27. The van der Waals surface area contributed by atoms with E-state index in [1.807, 2.05) is 54.5 Å². The maximum absolute atomic E-state index is 12.9. The van der Waals surface area contributed by atoms with Crippen molar-refractivity contribution in [2.75, 3.05) is 5.75 Å². The van der Waals surface area contributed by atoms with Crippen molar-refractivity contribution >= 4 is 39.2 Å². The lowest BCUT2D eigenvalue weighted by Crippen LogP contribution is -2.37. The lowest BCUT2D eigenvalue weighted by atomic mass is 10.2. The van der Waals surface area contributed by atoms with Gasteiger partial charge in [-0.2, -0.15) is 0 Å². The summed E-state index contributed by atoms with van der Waals surface area (Å²) in [6.07, 6.45) is 1.67. The van der Waals surface area contributed by atoms with Gasteiger partial charge in [-0.25, -0.2) is 4.98 Å². The Morgan fingerprint density at radius 3 is 2.75 bits per heavy atom. The molecule has 0 aliphatic carbocycles. The van der Waals surface area contributed by atoms with E-state index in [2.05, 4.69) is 11.6 Å². The van der Waals surface area contributed by atoms with Gasteiger partial charge in [0.1, 0.15) is 4.83 Å². The Labute approximate surface area is 172 Å². The van der Waals surface area contributed by atoms with Crippen molar-refractivity contribution < 1.29 is 4.79 Å². The molecule has 0 aliphatic heterocycles. The molecule has 28 heavy (non-hydrogen) atoms. The number of hydrogen-bond donors (Lipinski definition) is 0. The molecule has 0 fully saturated rings. The summed E-state index contributed by atoms with van der Waals surface area (Å²) in [5.74, 6) is 0.250. The fourth-order valence-corrected chi connectivity index (χ4v) is 4.58. The molecular weight excluding hydrogens is 390 g/mol. The van der Waals surface area contributed by atoms with E-state index in [4.69, 9.17) is 0 Å². The van der Waals surface area contributed by atoms with Crippen LogP contribution in [0.5, 0.6) is 0 Å². The maximum atomic E-state index is 12.9. The van der Waals surface area contributed by atoms with Crippen molar-refractivity contribution in [1.82, 2.24) is 14.5 Å². The summed E-state index contributed by atoms with van der Waals surface area (Å²) in [6, 6.07) is 11.8. The first kappa shape index (κ1) is 20.4. The van der Waals surface area contributed by atoms with Crippen LogP contribution in [0.4, 0.5) is 0 Å². The number of thiophene rings is 1. The number of aromatic nitrogens is 2. The number of nitrogens with zero attached hydrogens (tertiary/aromatic N) is 3. The Hall–Kier alpha value is -2.38. The van der Waals surface area contributed by atoms with Crippen LogP contribution in [-0.2, 0) is 17.9 Å². The van der Waals surface area contributed by atoms with E-state index in [0.717, 1.165) is 5.56 Å². The second-order valence-electron chi connectivity index (χ2n) is 6.63. The largest absolute Gasteiger partial charge is 0.335 e. The van der Waals surface area contributed by atoms with Crippen molar-refractivity contribution in [3.63, 3.8) is 0 Å². The molecule has 2 heterocycles. The molecule has 3 aromatic rings. The van der Waals surface area contributed by atoms with Crippen molar-refractivity contribution in [2.24, 2.45) is 0 Å². The molecule has 5 nitrogen and oxygen atoms in total. The highest BCUT2D eigenvalue weighted by Gasteiger charge is 2.19. The highest BCUT2D eigenvalue weighted by molar-refractivity contribution is 7.99. The van der Waals surface area contributed by atoms with Gasteiger partial charge in [-0.1, -0.05) is 48.2 Å². The van der Waals surface area contributed by atoms with Crippen LogP contribution >= 0.6 is 23.1 Å². The number of carbonyl (C=O) groups excluding carboxylic acids is 1. The number of hydrogen-bond acceptors (Lipinski definition) is 5. The normalized spacial score (nSPS) is 11.1.